The summed E-state index contributed by atoms with van der Waals surface area (Å²) in [6.07, 6.45) is 0.822. The van der Waals surface area contributed by atoms with Gasteiger partial charge in [-0.1, -0.05) is 17.7 Å². The first-order chi connectivity index (χ1) is 10.6. The molecule has 0 saturated heterocycles. The van der Waals surface area contributed by atoms with E-state index in [9.17, 15) is 4.79 Å². The molecule has 5 nitrogen and oxygen atoms in total. The molecule has 0 bridgehead atoms. The van der Waals surface area contributed by atoms with E-state index in [1.807, 2.05) is 50.2 Å². The Bertz CT molecular complexity index is 655. The molecule has 0 fully saturated rings. The summed E-state index contributed by atoms with van der Waals surface area (Å²) in [5.41, 5.74) is 9.02. The standard InChI is InChI=1S/C17H22N4O/c1-12-5-3-6-14(11-12)17(22)20-10-4-9-19-16-8-7-15(18)13(2)21-16/h3,5-8,11H,4,9-10,18H2,1-2H3,(H,19,21)(H,20,22). The molecular formula is C17H22N4O. The molecule has 5 heteroatoms. The van der Waals surface area contributed by atoms with E-state index >= 15 is 0 Å². The zero-order valence-electron chi connectivity index (χ0n) is 13.0. The fourth-order valence-electron chi connectivity index (χ4n) is 2.07. The van der Waals surface area contributed by atoms with Crippen molar-refractivity contribution in [2.45, 2.75) is 20.3 Å². The van der Waals surface area contributed by atoms with Crippen LogP contribution in [-0.2, 0) is 0 Å². The number of carbonyl (C=O) groups is 1. The van der Waals surface area contributed by atoms with Gasteiger partial charge >= 0.3 is 0 Å². The second-order valence-corrected chi connectivity index (χ2v) is 5.28. The van der Waals surface area contributed by atoms with Crippen LogP contribution in [0.2, 0.25) is 0 Å². The summed E-state index contributed by atoms with van der Waals surface area (Å²) >= 11 is 0. The zero-order valence-corrected chi connectivity index (χ0v) is 13.0. The van der Waals surface area contributed by atoms with E-state index in [0.29, 0.717) is 17.8 Å². The monoisotopic (exact) mass is 298 g/mol. The largest absolute Gasteiger partial charge is 0.397 e. The van der Waals surface area contributed by atoms with E-state index in [0.717, 1.165) is 30.0 Å². The summed E-state index contributed by atoms with van der Waals surface area (Å²) < 4.78 is 0. The molecule has 0 spiro atoms. The lowest BCUT2D eigenvalue weighted by atomic mass is 10.1. The lowest BCUT2D eigenvalue weighted by Gasteiger charge is -2.08. The van der Waals surface area contributed by atoms with Gasteiger partial charge in [-0.05, 0) is 44.5 Å². The Hall–Kier alpha value is -2.56. The molecule has 1 heterocycles. The highest BCUT2D eigenvalue weighted by Crippen LogP contribution is 2.11. The second-order valence-electron chi connectivity index (χ2n) is 5.28. The Morgan fingerprint density at radius 3 is 2.73 bits per heavy atom. The van der Waals surface area contributed by atoms with Crippen LogP contribution in [0.5, 0.6) is 0 Å². The number of rotatable bonds is 6. The first-order valence-electron chi connectivity index (χ1n) is 7.38. The predicted octanol–water partition coefficient (Wildman–Crippen LogP) is 2.51. The van der Waals surface area contributed by atoms with Gasteiger partial charge in [0, 0.05) is 18.7 Å². The summed E-state index contributed by atoms with van der Waals surface area (Å²) in [6.45, 7) is 5.21. The van der Waals surface area contributed by atoms with E-state index in [4.69, 9.17) is 5.73 Å². The van der Waals surface area contributed by atoms with Crippen LogP contribution < -0.4 is 16.4 Å². The number of amides is 1. The lowest BCUT2D eigenvalue weighted by molar-refractivity contribution is 0.0953. The van der Waals surface area contributed by atoms with E-state index in [-0.39, 0.29) is 5.91 Å². The molecule has 1 aromatic carbocycles. The number of benzene rings is 1. The third kappa shape index (κ3) is 4.48. The van der Waals surface area contributed by atoms with Gasteiger partial charge in [-0.25, -0.2) is 4.98 Å². The van der Waals surface area contributed by atoms with Crippen LogP contribution in [-0.4, -0.2) is 24.0 Å². The van der Waals surface area contributed by atoms with Crippen LogP contribution in [0.3, 0.4) is 0 Å². The van der Waals surface area contributed by atoms with Crippen LogP contribution in [0, 0.1) is 13.8 Å². The maximum atomic E-state index is 12.0. The second kappa shape index (κ2) is 7.45. The summed E-state index contributed by atoms with van der Waals surface area (Å²) in [5, 5.41) is 6.13. The maximum Gasteiger partial charge on any atom is 0.251 e. The molecule has 0 saturated carbocycles. The molecule has 2 rings (SSSR count). The number of nitrogens with two attached hydrogens (primary N) is 1. The molecule has 0 aliphatic rings. The molecular weight excluding hydrogens is 276 g/mol. The smallest absolute Gasteiger partial charge is 0.251 e. The van der Waals surface area contributed by atoms with Gasteiger partial charge in [0.2, 0.25) is 0 Å². The highest BCUT2D eigenvalue weighted by atomic mass is 16.1. The minimum absolute atomic E-state index is 0.0369. The fraction of sp³-hybridized carbons (Fsp3) is 0.294. The van der Waals surface area contributed by atoms with Gasteiger partial charge < -0.3 is 16.4 Å². The third-order valence-corrected chi connectivity index (χ3v) is 3.35. The highest BCUT2D eigenvalue weighted by Gasteiger charge is 2.04. The Kier molecular flexibility index (Phi) is 5.36. The van der Waals surface area contributed by atoms with Crippen molar-refractivity contribution < 1.29 is 4.79 Å². The fourth-order valence-corrected chi connectivity index (χ4v) is 2.07. The van der Waals surface area contributed by atoms with Crippen LogP contribution in [0.25, 0.3) is 0 Å². The normalized spacial score (nSPS) is 10.3. The van der Waals surface area contributed by atoms with Gasteiger partial charge in [0.15, 0.2) is 0 Å². The molecule has 22 heavy (non-hydrogen) atoms. The maximum absolute atomic E-state index is 12.0. The van der Waals surface area contributed by atoms with Gasteiger partial charge in [-0.3, -0.25) is 4.79 Å². The van der Waals surface area contributed by atoms with Gasteiger partial charge in [-0.15, -0.1) is 0 Å². The van der Waals surface area contributed by atoms with Crippen molar-refractivity contribution >= 4 is 17.4 Å². The van der Waals surface area contributed by atoms with E-state index in [1.165, 1.54) is 0 Å². The predicted molar refractivity (Wildman–Crippen MR) is 90.0 cm³/mol. The van der Waals surface area contributed by atoms with Crippen molar-refractivity contribution in [3.05, 3.63) is 53.2 Å². The van der Waals surface area contributed by atoms with Crippen molar-refractivity contribution in [2.75, 3.05) is 24.1 Å². The quantitative estimate of drug-likeness (QED) is 0.716. The van der Waals surface area contributed by atoms with Crippen molar-refractivity contribution in [1.29, 1.82) is 0 Å². The van der Waals surface area contributed by atoms with Gasteiger partial charge in [0.05, 0.1) is 11.4 Å². The first-order valence-corrected chi connectivity index (χ1v) is 7.38. The number of nitrogens with zero attached hydrogens (tertiary/aromatic N) is 1. The Balaban J connectivity index is 1.71. The minimum atomic E-state index is -0.0369. The third-order valence-electron chi connectivity index (χ3n) is 3.35. The van der Waals surface area contributed by atoms with E-state index in [1.54, 1.807) is 0 Å². The Morgan fingerprint density at radius 1 is 1.18 bits per heavy atom. The van der Waals surface area contributed by atoms with Crippen molar-refractivity contribution in [3.63, 3.8) is 0 Å². The van der Waals surface area contributed by atoms with Crippen molar-refractivity contribution in [2.24, 2.45) is 0 Å². The van der Waals surface area contributed by atoms with Crippen molar-refractivity contribution in [3.8, 4) is 0 Å². The van der Waals surface area contributed by atoms with Crippen LogP contribution in [0.4, 0.5) is 11.5 Å². The summed E-state index contributed by atoms with van der Waals surface area (Å²) in [7, 11) is 0. The molecule has 0 aliphatic carbocycles. The van der Waals surface area contributed by atoms with Gasteiger partial charge in [0.25, 0.3) is 5.91 Å². The SMILES string of the molecule is Cc1cccc(C(=O)NCCCNc2ccc(N)c(C)n2)c1. The van der Waals surface area contributed by atoms with Crippen LogP contribution >= 0.6 is 0 Å². The summed E-state index contributed by atoms with van der Waals surface area (Å²) in [6, 6.07) is 11.3. The number of nitrogens with one attached hydrogen (secondary N) is 2. The molecule has 2 aromatic rings. The number of aryl methyl sites for hydroxylation is 2. The van der Waals surface area contributed by atoms with Gasteiger partial charge in [0.1, 0.15) is 5.82 Å². The van der Waals surface area contributed by atoms with Crippen LogP contribution in [0.15, 0.2) is 36.4 Å². The number of pyridine rings is 1. The number of nitrogen functional groups attached to an aromatic ring is 1. The van der Waals surface area contributed by atoms with Crippen molar-refractivity contribution in [1.82, 2.24) is 10.3 Å². The van der Waals surface area contributed by atoms with Gasteiger partial charge in [-0.2, -0.15) is 0 Å². The topological polar surface area (TPSA) is 80.0 Å². The molecule has 0 unspecified atom stereocenters. The number of hydrogen-bond acceptors (Lipinski definition) is 4. The summed E-state index contributed by atoms with van der Waals surface area (Å²) in [5.74, 6) is 0.766. The number of carbonyl (C=O) groups excluding carboxylic acids is 1. The number of aromatic nitrogens is 1. The van der Waals surface area contributed by atoms with E-state index in [2.05, 4.69) is 15.6 Å². The zero-order chi connectivity index (χ0) is 15.9. The molecule has 0 radical (unpaired) electrons. The average molecular weight is 298 g/mol. The van der Waals surface area contributed by atoms with Crippen LogP contribution in [0.1, 0.15) is 28.0 Å². The lowest BCUT2D eigenvalue weighted by Crippen LogP contribution is -2.25. The molecule has 4 N–H and O–H groups in total. The molecule has 116 valence electrons. The first kappa shape index (κ1) is 15.8. The summed E-state index contributed by atoms with van der Waals surface area (Å²) in [4.78, 5) is 16.3. The number of anilines is 2. The highest BCUT2D eigenvalue weighted by molar-refractivity contribution is 5.94. The Morgan fingerprint density at radius 2 is 2.00 bits per heavy atom. The molecule has 1 aromatic heterocycles. The molecule has 0 atom stereocenters. The molecule has 1 amide bonds. The number of hydrogen-bond donors (Lipinski definition) is 3. The molecule has 0 aliphatic heterocycles. The minimum Gasteiger partial charge on any atom is -0.397 e. The average Bonchev–Trinajstić information content (AvgIpc) is 2.50. The van der Waals surface area contributed by atoms with E-state index < -0.39 is 0 Å². The Labute approximate surface area is 130 Å².